The smallest absolute Gasteiger partial charge is 0.312 e. The van der Waals surface area contributed by atoms with Crippen LogP contribution < -0.4 is 10.2 Å². The number of carbonyl (C=O) groups is 1. The second kappa shape index (κ2) is 7.46. The van der Waals surface area contributed by atoms with Crippen LogP contribution in [-0.4, -0.2) is 26.4 Å². The Morgan fingerprint density at radius 2 is 1.61 bits per heavy atom. The van der Waals surface area contributed by atoms with E-state index >= 15 is 0 Å². The van der Waals surface area contributed by atoms with Gasteiger partial charge in [-0.3, -0.25) is 9.59 Å². The zero-order valence-corrected chi connectivity index (χ0v) is 17.5. The SMILES string of the molecule is O=C1CC(c2ccc(O)c(Cl)c2)c2c(cc(O)c3c(=O)cc(-c4ccc(O)c(O)c4)oc23)O1. The van der Waals surface area contributed by atoms with E-state index in [0.717, 1.165) is 6.07 Å². The van der Waals surface area contributed by atoms with Crippen LogP contribution >= 0.6 is 11.6 Å². The third-order valence-corrected chi connectivity index (χ3v) is 5.86. The van der Waals surface area contributed by atoms with Crippen LogP contribution in [0.1, 0.15) is 23.5 Å². The van der Waals surface area contributed by atoms with Crippen LogP contribution in [0, 0.1) is 0 Å². The van der Waals surface area contributed by atoms with Crippen molar-refractivity contribution < 1.29 is 34.4 Å². The lowest BCUT2D eigenvalue weighted by molar-refractivity contribution is -0.135. The lowest BCUT2D eigenvalue weighted by Gasteiger charge is -2.26. The van der Waals surface area contributed by atoms with E-state index in [-0.39, 0.29) is 45.4 Å². The quantitative estimate of drug-likeness (QED) is 0.194. The Morgan fingerprint density at radius 1 is 0.848 bits per heavy atom. The summed E-state index contributed by atoms with van der Waals surface area (Å²) in [5, 5.41) is 39.7. The molecule has 0 saturated heterocycles. The van der Waals surface area contributed by atoms with Gasteiger partial charge in [0.25, 0.3) is 0 Å². The van der Waals surface area contributed by atoms with Gasteiger partial charge >= 0.3 is 5.97 Å². The number of halogens is 1. The molecule has 0 amide bonds. The van der Waals surface area contributed by atoms with Crippen LogP contribution in [-0.2, 0) is 4.79 Å². The topological polar surface area (TPSA) is 137 Å². The van der Waals surface area contributed by atoms with Gasteiger partial charge in [-0.15, -0.1) is 0 Å². The molecule has 1 aromatic heterocycles. The van der Waals surface area contributed by atoms with Gasteiger partial charge < -0.3 is 29.6 Å². The van der Waals surface area contributed by atoms with Crippen LogP contribution in [0.15, 0.2) is 57.7 Å². The molecule has 1 aliphatic rings. The number of fused-ring (bicyclic) bond motifs is 3. The minimum absolute atomic E-state index is 0.00163. The van der Waals surface area contributed by atoms with Gasteiger partial charge in [-0.05, 0) is 35.9 Å². The van der Waals surface area contributed by atoms with Crippen molar-refractivity contribution in [2.45, 2.75) is 12.3 Å². The van der Waals surface area contributed by atoms with Crippen molar-refractivity contribution >= 4 is 28.5 Å². The average Bonchev–Trinajstić information content (AvgIpc) is 2.76. The first-order chi connectivity index (χ1) is 15.7. The van der Waals surface area contributed by atoms with Crippen LogP contribution in [0.2, 0.25) is 5.02 Å². The van der Waals surface area contributed by atoms with Gasteiger partial charge in [0.15, 0.2) is 16.9 Å². The molecule has 9 heteroatoms. The highest BCUT2D eigenvalue weighted by Crippen LogP contribution is 2.46. The lowest BCUT2D eigenvalue weighted by atomic mass is 9.85. The first kappa shape index (κ1) is 20.7. The maximum atomic E-state index is 12.9. The zero-order chi connectivity index (χ0) is 23.4. The molecule has 0 fully saturated rings. The van der Waals surface area contributed by atoms with Crippen LogP contribution in [0.25, 0.3) is 22.3 Å². The number of aromatic hydroxyl groups is 4. The number of carbonyl (C=O) groups excluding carboxylic acids is 1. The summed E-state index contributed by atoms with van der Waals surface area (Å²) in [6.45, 7) is 0. The van der Waals surface area contributed by atoms with Gasteiger partial charge in [0.2, 0.25) is 0 Å². The van der Waals surface area contributed by atoms with Crippen molar-refractivity contribution in [3.05, 3.63) is 74.9 Å². The van der Waals surface area contributed by atoms with E-state index in [1.807, 2.05) is 0 Å². The Balaban J connectivity index is 1.82. The molecule has 0 aliphatic carbocycles. The summed E-state index contributed by atoms with van der Waals surface area (Å²) in [4.78, 5) is 25.2. The summed E-state index contributed by atoms with van der Waals surface area (Å²) in [6, 6.07) is 10.7. The van der Waals surface area contributed by atoms with Crippen LogP contribution in [0.4, 0.5) is 0 Å². The van der Waals surface area contributed by atoms with E-state index in [1.54, 1.807) is 6.07 Å². The van der Waals surface area contributed by atoms with E-state index < -0.39 is 28.8 Å². The molecular weight excluding hydrogens is 452 g/mol. The molecule has 8 nitrogen and oxygen atoms in total. The summed E-state index contributed by atoms with van der Waals surface area (Å²) in [6.07, 6.45) is -0.0953. The molecule has 0 spiro atoms. The van der Waals surface area contributed by atoms with Crippen molar-refractivity contribution in [3.8, 4) is 40.1 Å². The molecular formula is C24H15ClO8. The van der Waals surface area contributed by atoms with Crippen molar-refractivity contribution in [3.63, 3.8) is 0 Å². The average molecular weight is 467 g/mol. The maximum absolute atomic E-state index is 12.9. The number of hydrogen-bond donors (Lipinski definition) is 4. The summed E-state index contributed by atoms with van der Waals surface area (Å²) < 4.78 is 11.3. The molecule has 3 aromatic carbocycles. The van der Waals surface area contributed by atoms with Crippen molar-refractivity contribution in [2.75, 3.05) is 0 Å². The summed E-state index contributed by atoms with van der Waals surface area (Å²) in [5.74, 6) is -2.40. The highest BCUT2D eigenvalue weighted by Gasteiger charge is 2.34. The monoisotopic (exact) mass is 466 g/mol. The summed E-state index contributed by atoms with van der Waals surface area (Å²) >= 11 is 6.07. The molecule has 0 bridgehead atoms. The van der Waals surface area contributed by atoms with Crippen molar-refractivity contribution in [1.29, 1.82) is 0 Å². The van der Waals surface area contributed by atoms with Crippen LogP contribution in [0.3, 0.4) is 0 Å². The van der Waals surface area contributed by atoms with Gasteiger partial charge in [-0.2, -0.15) is 0 Å². The normalized spacial score (nSPS) is 15.3. The minimum atomic E-state index is -0.644. The number of hydrogen-bond acceptors (Lipinski definition) is 8. The maximum Gasteiger partial charge on any atom is 0.312 e. The van der Waals surface area contributed by atoms with Crippen molar-refractivity contribution in [2.24, 2.45) is 0 Å². The van der Waals surface area contributed by atoms with Gasteiger partial charge in [0.1, 0.15) is 34.0 Å². The van der Waals surface area contributed by atoms with Gasteiger partial charge in [0, 0.05) is 29.2 Å². The Bertz CT molecular complexity index is 1520. The second-order valence-corrected chi connectivity index (χ2v) is 8.04. The first-order valence-electron chi connectivity index (χ1n) is 9.78. The van der Waals surface area contributed by atoms with E-state index in [4.69, 9.17) is 20.8 Å². The molecule has 5 rings (SSSR count). The largest absolute Gasteiger partial charge is 0.507 e. The Morgan fingerprint density at radius 3 is 2.33 bits per heavy atom. The summed E-state index contributed by atoms with van der Waals surface area (Å²) in [7, 11) is 0. The standard InChI is InChI=1S/C24H15ClO8/c25-13-5-10(1-3-14(13)26)12-7-21(31)32-20-9-18(30)23-17(29)8-19(33-24(23)22(12)20)11-2-4-15(27)16(28)6-11/h1-6,8-9,12,26-28,30H,7H2. The van der Waals surface area contributed by atoms with E-state index in [9.17, 15) is 30.0 Å². The Hall–Kier alpha value is -4.17. The van der Waals surface area contributed by atoms with Crippen molar-refractivity contribution in [1.82, 2.24) is 0 Å². The fourth-order valence-corrected chi connectivity index (χ4v) is 4.19. The molecule has 33 heavy (non-hydrogen) atoms. The molecule has 1 unspecified atom stereocenters. The minimum Gasteiger partial charge on any atom is -0.507 e. The second-order valence-electron chi connectivity index (χ2n) is 7.63. The summed E-state index contributed by atoms with van der Waals surface area (Å²) in [5.41, 5.74) is 0.669. The third-order valence-electron chi connectivity index (χ3n) is 5.56. The fourth-order valence-electron chi connectivity index (χ4n) is 4.00. The molecule has 4 N–H and O–H groups in total. The van der Waals surface area contributed by atoms with Gasteiger partial charge in [-0.1, -0.05) is 17.7 Å². The van der Waals surface area contributed by atoms with E-state index in [2.05, 4.69) is 0 Å². The van der Waals surface area contributed by atoms with E-state index in [1.165, 1.54) is 36.4 Å². The van der Waals surface area contributed by atoms with E-state index in [0.29, 0.717) is 16.7 Å². The highest BCUT2D eigenvalue weighted by molar-refractivity contribution is 6.32. The number of phenols is 4. The first-order valence-corrected chi connectivity index (χ1v) is 10.2. The number of benzene rings is 3. The molecule has 2 heterocycles. The lowest BCUT2D eigenvalue weighted by Crippen LogP contribution is -2.22. The number of ether oxygens (including phenoxy) is 1. The van der Waals surface area contributed by atoms with Gasteiger partial charge in [0.05, 0.1) is 11.4 Å². The molecule has 0 radical (unpaired) electrons. The molecule has 1 aliphatic heterocycles. The molecule has 1 atom stereocenters. The van der Waals surface area contributed by atoms with Crippen LogP contribution in [0.5, 0.6) is 28.7 Å². The zero-order valence-electron chi connectivity index (χ0n) is 16.7. The Kier molecular flexibility index (Phi) is 4.68. The Labute approximate surface area is 190 Å². The fraction of sp³-hybridized carbons (Fsp3) is 0.0833. The van der Waals surface area contributed by atoms with Gasteiger partial charge in [-0.25, -0.2) is 0 Å². The molecule has 4 aromatic rings. The predicted molar refractivity (Wildman–Crippen MR) is 118 cm³/mol. The predicted octanol–water partition coefficient (Wildman–Crippen LogP) is 4.38. The molecule has 0 saturated carbocycles. The number of rotatable bonds is 2. The number of esters is 1. The molecule has 166 valence electrons. The number of phenolic OH excluding ortho intramolecular Hbond substituents is 4. The highest BCUT2D eigenvalue weighted by atomic mass is 35.5. The third kappa shape index (κ3) is 3.41.